The van der Waals surface area contributed by atoms with Crippen molar-refractivity contribution in [2.75, 3.05) is 6.54 Å². The van der Waals surface area contributed by atoms with E-state index in [9.17, 15) is 4.39 Å². The molecule has 1 atom stereocenters. The Morgan fingerprint density at radius 2 is 2.31 bits per heavy atom. The van der Waals surface area contributed by atoms with Crippen molar-refractivity contribution >= 4 is 15.9 Å². The van der Waals surface area contributed by atoms with E-state index in [1.807, 2.05) is 6.07 Å². The number of nitrogens with one attached hydrogen (secondary N) is 1. The molecule has 0 spiro atoms. The maximum atomic E-state index is 13.2. The van der Waals surface area contributed by atoms with Crippen LogP contribution in [0.2, 0.25) is 0 Å². The van der Waals surface area contributed by atoms with E-state index in [2.05, 4.69) is 21.2 Å². The molecule has 1 N–H and O–H groups in total. The van der Waals surface area contributed by atoms with Crippen LogP contribution in [0, 0.1) is 5.82 Å². The van der Waals surface area contributed by atoms with Crippen molar-refractivity contribution in [3.63, 3.8) is 0 Å². The molecular weight excluding hydrogens is 233 g/mol. The second kappa shape index (κ2) is 3.76. The van der Waals surface area contributed by atoms with Crippen LogP contribution in [0.3, 0.4) is 0 Å². The predicted octanol–water partition coefficient (Wildman–Crippen LogP) is 3.01. The summed E-state index contributed by atoms with van der Waals surface area (Å²) in [6.07, 6.45) is 2.27. The van der Waals surface area contributed by atoms with Crippen LogP contribution in [-0.4, -0.2) is 6.54 Å². The molecule has 1 saturated heterocycles. The molecule has 1 aliphatic rings. The van der Waals surface area contributed by atoms with Crippen molar-refractivity contribution < 1.29 is 4.39 Å². The summed E-state index contributed by atoms with van der Waals surface area (Å²) >= 11 is 3.28. The lowest BCUT2D eigenvalue weighted by Crippen LogP contribution is -2.13. The number of hydrogen-bond donors (Lipinski definition) is 1. The third-order valence-electron chi connectivity index (χ3n) is 2.42. The van der Waals surface area contributed by atoms with E-state index < -0.39 is 0 Å². The van der Waals surface area contributed by atoms with E-state index >= 15 is 0 Å². The Morgan fingerprint density at radius 1 is 1.46 bits per heavy atom. The van der Waals surface area contributed by atoms with Gasteiger partial charge in [-0.3, -0.25) is 0 Å². The minimum absolute atomic E-state index is 0.175. The molecule has 0 amide bonds. The van der Waals surface area contributed by atoms with Crippen LogP contribution < -0.4 is 5.32 Å². The van der Waals surface area contributed by atoms with Gasteiger partial charge in [-0.25, -0.2) is 4.39 Å². The fraction of sp³-hybridized carbons (Fsp3) is 0.400. The van der Waals surface area contributed by atoms with Crippen LogP contribution >= 0.6 is 15.9 Å². The SMILES string of the molecule is Fc1cccc(C2CCCN2)c1Br. The molecule has 1 unspecified atom stereocenters. The van der Waals surface area contributed by atoms with Crippen LogP contribution in [0.4, 0.5) is 4.39 Å². The van der Waals surface area contributed by atoms with Gasteiger partial charge in [0.1, 0.15) is 5.82 Å². The van der Waals surface area contributed by atoms with Gasteiger partial charge in [-0.1, -0.05) is 12.1 Å². The third kappa shape index (κ3) is 1.76. The molecule has 1 nitrogen and oxygen atoms in total. The smallest absolute Gasteiger partial charge is 0.137 e. The van der Waals surface area contributed by atoms with Crippen molar-refractivity contribution in [3.8, 4) is 0 Å². The zero-order chi connectivity index (χ0) is 9.26. The second-order valence-electron chi connectivity index (χ2n) is 3.29. The Labute approximate surface area is 85.5 Å². The van der Waals surface area contributed by atoms with Gasteiger partial charge in [0, 0.05) is 6.04 Å². The van der Waals surface area contributed by atoms with Crippen LogP contribution in [-0.2, 0) is 0 Å². The van der Waals surface area contributed by atoms with Gasteiger partial charge in [-0.05, 0) is 46.9 Å². The quantitative estimate of drug-likeness (QED) is 0.800. The standard InChI is InChI=1S/C10H11BrFN/c11-10-7(3-1-4-8(10)12)9-5-2-6-13-9/h1,3-4,9,13H,2,5-6H2. The van der Waals surface area contributed by atoms with Crippen LogP contribution in [0.25, 0.3) is 0 Å². The van der Waals surface area contributed by atoms with Gasteiger partial charge >= 0.3 is 0 Å². The molecule has 0 saturated carbocycles. The number of halogens is 2. The molecule has 1 aliphatic heterocycles. The van der Waals surface area contributed by atoms with E-state index in [1.54, 1.807) is 6.07 Å². The van der Waals surface area contributed by atoms with Gasteiger partial charge in [-0.2, -0.15) is 0 Å². The average Bonchev–Trinajstić information content (AvgIpc) is 2.62. The van der Waals surface area contributed by atoms with Gasteiger partial charge in [0.15, 0.2) is 0 Å². The number of rotatable bonds is 1. The van der Waals surface area contributed by atoms with Crippen LogP contribution in [0.15, 0.2) is 22.7 Å². The second-order valence-corrected chi connectivity index (χ2v) is 4.08. The third-order valence-corrected chi connectivity index (χ3v) is 3.25. The lowest BCUT2D eigenvalue weighted by Gasteiger charge is -2.12. The molecule has 13 heavy (non-hydrogen) atoms. The summed E-state index contributed by atoms with van der Waals surface area (Å²) in [6.45, 7) is 1.04. The van der Waals surface area contributed by atoms with Crippen LogP contribution in [0.5, 0.6) is 0 Å². The minimum Gasteiger partial charge on any atom is -0.310 e. The summed E-state index contributed by atoms with van der Waals surface area (Å²) in [4.78, 5) is 0. The Morgan fingerprint density at radius 3 is 3.00 bits per heavy atom. The first kappa shape index (κ1) is 9.16. The fourth-order valence-electron chi connectivity index (χ4n) is 1.74. The zero-order valence-electron chi connectivity index (χ0n) is 7.19. The molecule has 70 valence electrons. The maximum absolute atomic E-state index is 13.2. The number of benzene rings is 1. The van der Waals surface area contributed by atoms with Gasteiger partial charge in [-0.15, -0.1) is 0 Å². The predicted molar refractivity (Wildman–Crippen MR) is 54.1 cm³/mol. The zero-order valence-corrected chi connectivity index (χ0v) is 8.77. The Bertz CT molecular complexity index is 308. The lowest BCUT2D eigenvalue weighted by atomic mass is 10.1. The highest BCUT2D eigenvalue weighted by atomic mass is 79.9. The Hall–Kier alpha value is -0.410. The normalized spacial score (nSPS) is 22.2. The molecule has 3 heteroatoms. The molecule has 0 aromatic heterocycles. The summed E-state index contributed by atoms with van der Waals surface area (Å²) in [6, 6.07) is 5.53. The highest BCUT2D eigenvalue weighted by Crippen LogP contribution is 2.30. The van der Waals surface area contributed by atoms with Crippen molar-refractivity contribution in [2.45, 2.75) is 18.9 Å². The molecule has 0 radical (unpaired) electrons. The molecule has 1 fully saturated rings. The largest absolute Gasteiger partial charge is 0.310 e. The summed E-state index contributed by atoms with van der Waals surface area (Å²) in [5.41, 5.74) is 1.04. The topological polar surface area (TPSA) is 12.0 Å². The highest BCUT2D eigenvalue weighted by molar-refractivity contribution is 9.10. The van der Waals surface area contributed by atoms with E-state index in [4.69, 9.17) is 0 Å². The molecule has 0 aliphatic carbocycles. The molecular formula is C10H11BrFN. The Balaban J connectivity index is 2.33. The molecule has 2 rings (SSSR count). The summed E-state index contributed by atoms with van der Waals surface area (Å²) in [5.74, 6) is -0.175. The van der Waals surface area contributed by atoms with E-state index in [0.29, 0.717) is 10.5 Å². The van der Waals surface area contributed by atoms with Crippen molar-refractivity contribution in [1.82, 2.24) is 5.32 Å². The summed E-state index contributed by atoms with van der Waals surface area (Å²) < 4.78 is 13.8. The van der Waals surface area contributed by atoms with Crippen molar-refractivity contribution in [3.05, 3.63) is 34.1 Å². The van der Waals surface area contributed by atoms with E-state index in [1.165, 1.54) is 12.5 Å². The van der Waals surface area contributed by atoms with E-state index in [-0.39, 0.29) is 5.82 Å². The summed E-state index contributed by atoms with van der Waals surface area (Å²) in [5, 5.41) is 3.34. The maximum Gasteiger partial charge on any atom is 0.137 e. The molecule has 1 aromatic carbocycles. The summed E-state index contributed by atoms with van der Waals surface area (Å²) in [7, 11) is 0. The molecule has 1 aromatic rings. The molecule has 1 heterocycles. The monoisotopic (exact) mass is 243 g/mol. The average molecular weight is 244 g/mol. The fourth-order valence-corrected chi connectivity index (χ4v) is 2.28. The first-order valence-corrected chi connectivity index (χ1v) is 5.25. The van der Waals surface area contributed by atoms with Gasteiger partial charge < -0.3 is 5.32 Å². The minimum atomic E-state index is -0.175. The van der Waals surface area contributed by atoms with Gasteiger partial charge in [0.2, 0.25) is 0 Å². The van der Waals surface area contributed by atoms with Crippen molar-refractivity contribution in [1.29, 1.82) is 0 Å². The highest BCUT2D eigenvalue weighted by Gasteiger charge is 2.19. The van der Waals surface area contributed by atoms with Gasteiger partial charge in [0.25, 0.3) is 0 Å². The van der Waals surface area contributed by atoms with Gasteiger partial charge in [0.05, 0.1) is 4.47 Å². The molecule has 0 bridgehead atoms. The Kier molecular flexibility index (Phi) is 2.65. The lowest BCUT2D eigenvalue weighted by molar-refractivity contribution is 0.598. The van der Waals surface area contributed by atoms with E-state index in [0.717, 1.165) is 18.5 Å². The van der Waals surface area contributed by atoms with Crippen molar-refractivity contribution in [2.24, 2.45) is 0 Å². The van der Waals surface area contributed by atoms with Crippen LogP contribution in [0.1, 0.15) is 24.4 Å². The first-order valence-electron chi connectivity index (χ1n) is 4.46. The first-order chi connectivity index (χ1) is 6.29. The number of hydrogen-bond acceptors (Lipinski definition) is 1.